The minimum atomic E-state index is -0.592. The van der Waals surface area contributed by atoms with Crippen LogP contribution in [0.2, 0.25) is 0 Å². The molecule has 0 saturated carbocycles. The maximum atomic E-state index is 12.6. The molecule has 6 nitrogen and oxygen atoms in total. The van der Waals surface area contributed by atoms with E-state index in [9.17, 15) is 9.59 Å². The van der Waals surface area contributed by atoms with Gasteiger partial charge >= 0.3 is 5.97 Å². The van der Waals surface area contributed by atoms with Gasteiger partial charge < -0.3 is 19.5 Å². The fourth-order valence-electron chi connectivity index (χ4n) is 2.91. The molecule has 0 atom stereocenters. The zero-order valence-electron chi connectivity index (χ0n) is 16.6. The quantitative estimate of drug-likeness (QED) is 0.468. The fourth-order valence-corrected chi connectivity index (χ4v) is 3.74. The number of esters is 1. The van der Waals surface area contributed by atoms with Crippen LogP contribution in [0.5, 0.6) is 11.5 Å². The number of carbonyl (C=O) groups excluding carboxylic acids is 2. The van der Waals surface area contributed by atoms with Crippen molar-refractivity contribution < 1.29 is 23.8 Å². The van der Waals surface area contributed by atoms with Crippen molar-refractivity contribution in [3.8, 4) is 11.5 Å². The maximum absolute atomic E-state index is 12.6. The molecular weight excluding hydrogens is 390 g/mol. The summed E-state index contributed by atoms with van der Waals surface area (Å²) in [5.74, 6) is -0.211. The number of ether oxygens (including phenoxy) is 3. The largest absolute Gasteiger partial charge is 0.493 e. The van der Waals surface area contributed by atoms with Gasteiger partial charge in [-0.3, -0.25) is 4.79 Å². The Kier molecular flexibility index (Phi) is 6.19. The summed E-state index contributed by atoms with van der Waals surface area (Å²) in [6, 6.07) is 11.1. The summed E-state index contributed by atoms with van der Waals surface area (Å²) in [5.41, 5.74) is 2.20. The monoisotopic (exact) mass is 411 g/mol. The number of hydrogen-bond acceptors (Lipinski definition) is 6. The number of allylic oxidation sites excluding steroid dienone is 1. The minimum absolute atomic E-state index is 0.171. The van der Waals surface area contributed by atoms with Gasteiger partial charge in [-0.15, -0.1) is 11.3 Å². The summed E-state index contributed by atoms with van der Waals surface area (Å²) >= 11 is 1.65. The van der Waals surface area contributed by atoms with Gasteiger partial charge in [-0.2, -0.15) is 0 Å². The molecule has 150 valence electrons. The average molecular weight is 411 g/mol. The van der Waals surface area contributed by atoms with Crippen molar-refractivity contribution in [1.29, 1.82) is 0 Å². The molecule has 0 aliphatic carbocycles. The molecule has 0 bridgehead atoms. The molecule has 1 amide bonds. The van der Waals surface area contributed by atoms with Crippen molar-refractivity contribution in [3.05, 3.63) is 59.0 Å². The lowest BCUT2D eigenvalue weighted by atomic mass is 10.1. The number of benzene rings is 2. The lowest BCUT2D eigenvalue weighted by Crippen LogP contribution is -2.14. The summed E-state index contributed by atoms with van der Waals surface area (Å²) in [5, 5.41) is 5.94. The molecule has 0 unspecified atom stereocenters. The van der Waals surface area contributed by atoms with Crippen LogP contribution in [0.15, 0.2) is 47.9 Å². The number of rotatable bonds is 6. The minimum Gasteiger partial charge on any atom is -0.493 e. The second-order valence-electron chi connectivity index (χ2n) is 6.23. The third kappa shape index (κ3) is 4.41. The Labute approximate surface area is 172 Å². The molecule has 0 aliphatic rings. The molecule has 2 aromatic carbocycles. The summed E-state index contributed by atoms with van der Waals surface area (Å²) in [6.07, 6.45) is 1.49. The van der Waals surface area contributed by atoms with E-state index < -0.39 is 5.97 Å². The lowest BCUT2D eigenvalue weighted by molar-refractivity contribution is -0.111. The molecule has 0 radical (unpaired) electrons. The zero-order valence-corrected chi connectivity index (χ0v) is 17.4. The van der Waals surface area contributed by atoms with Crippen LogP contribution < -0.4 is 14.8 Å². The van der Waals surface area contributed by atoms with Gasteiger partial charge in [-0.05, 0) is 41.0 Å². The van der Waals surface area contributed by atoms with Crippen LogP contribution in [0, 0.1) is 0 Å². The molecule has 0 spiro atoms. The number of carbonyl (C=O) groups is 2. The van der Waals surface area contributed by atoms with E-state index in [-0.39, 0.29) is 17.2 Å². The van der Waals surface area contributed by atoms with Gasteiger partial charge in [0.05, 0.1) is 32.6 Å². The Morgan fingerprint density at radius 2 is 1.72 bits per heavy atom. The Morgan fingerprint density at radius 3 is 2.41 bits per heavy atom. The molecule has 7 heteroatoms. The average Bonchev–Trinajstić information content (AvgIpc) is 3.20. The van der Waals surface area contributed by atoms with Crippen LogP contribution in [0.1, 0.15) is 22.8 Å². The molecule has 0 saturated heterocycles. The third-order valence-corrected chi connectivity index (χ3v) is 5.33. The molecule has 0 aliphatic heterocycles. The molecule has 3 rings (SSSR count). The number of hydrogen-bond donors (Lipinski definition) is 1. The van der Waals surface area contributed by atoms with E-state index in [4.69, 9.17) is 14.2 Å². The van der Waals surface area contributed by atoms with Gasteiger partial charge in [0.1, 0.15) is 0 Å². The number of nitrogens with one attached hydrogen (secondary N) is 1. The molecular formula is C22H21NO5S. The van der Waals surface area contributed by atoms with Gasteiger partial charge in [0.15, 0.2) is 11.5 Å². The standard InChI is InChI=1S/C22H21NO5S/c1-13(15-6-5-14-7-8-29-20(14)10-15)9-21(24)23-17-12-19(27-3)18(26-2)11-16(17)22(25)28-4/h5-12H,1-4H3,(H,23,24)/b13-9-. The summed E-state index contributed by atoms with van der Waals surface area (Å²) in [7, 11) is 4.22. The van der Waals surface area contributed by atoms with E-state index in [1.165, 1.54) is 44.9 Å². The number of thiophene rings is 1. The van der Waals surface area contributed by atoms with Gasteiger partial charge in [0.25, 0.3) is 0 Å². The first kappa shape index (κ1) is 20.4. The van der Waals surface area contributed by atoms with Gasteiger partial charge in [-0.25, -0.2) is 4.79 Å². The number of methoxy groups -OCH3 is 3. The van der Waals surface area contributed by atoms with E-state index in [1.807, 2.05) is 24.4 Å². The van der Waals surface area contributed by atoms with E-state index >= 15 is 0 Å². The molecule has 1 N–H and O–H groups in total. The summed E-state index contributed by atoms with van der Waals surface area (Å²) < 4.78 is 16.5. The van der Waals surface area contributed by atoms with Crippen LogP contribution in [-0.4, -0.2) is 33.2 Å². The number of anilines is 1. The van der Waals surface area contributed by atoms with Crippen molar-refractivity contribution >= 4 is 44.6 Å². The highest BCUT2D eigenvalue weighted by atomic mass is 32.1. The Bertz CT molecular complexity index is 1100. The van der Waals surface area contributed by atoms with Gasteiger partial charge in [0.2, 0.25) is 5.91 Å². The maximum Gasteiger partial charge on any atom is 0.340 e. The molecule has 0 fully saturated rings. The van der Waals surface area contributed by atoms with Crippen molar-refractivity contribution in [2.45, 2.75) is 6.92 Å². The van der Waals surface area contributed by atoms with E-state index in [0.717, 1.165) is 15.8 Å². The molecule has 1 heterocycles. The highest BCUT2D eigenvalue weighted by Crippen LogP contribution is 2.34. The molecule has 29 heavy (non-hydrogen) atoms. The van der Waals surface area contributed by atoms with Crippen LogP contribution in [0.4, 0.5) is 5.69 Å². The fraction of sp³-hybridized carbons (Fsp3) is 0.182. The second kappa shape index (κ2) is 8.79. The Hall–Kier alpha value is -3.32. The SMILES string of the molecule is COC(=O)c1cc(OC)c(OC)cc1NC(=O)/C=C(/C)c1ccc2ccsc2c1. The Balaban J connectivity index is 1.90. The number of fused-ring (bicyclic) bond motifs is 1. The smallest absolute Gasteiger partial charge is 0.340 e. The van der Waals surface area contributed by atoms with Crippen LogP contribution in [-0.2, 0) is 9.53 Å². The second-order valence-corrected chi connectivity index (χ2v) is 7.18. The first-order valence-corrected chi connectivity index (χ1v) is 9.66. The highest BCUT2D eigenvalue weighted by Gasteiger charge is 2.18. The zero-order chi connectivity index (χ0) is 21.0. The predicted molar refractivity (Wildman–Crippen MR) is 115 cm³/mol. The van der Waals surface area contributed by atoms with E-state index in [0.29, 0.717) is 11.5 Å². The highest BCUT2D eigenvalue weighted by molar-refractivity contribution is 7.17. The summed E-state index contributed by atoms with van der Waals surface area (Å²) in [6.45, 7) is 1.87. The van der Waals surface area contributed by atoms with Crippen LogP contribution in [0.3, 0.4) is 0 Å². The van der Waals surface area contributed by atoms with E-state index in [1.54, 1.807) is 11.3 Å². The molecule has 3 aromatic rings. The number of amides is 1. The lowest BCUT2D eigenvalue weighted by Gasteiger charge is -2.14. The third-order valence-electron chi connectivity index (χ3n) is 4.45. The van der Waals surface area contributed by atoms with Gasteiger partial charge in [-0.1, -0.05) is 12.1 Å². The summed E-state index contributed by atoms with van der Waals surface area (Å²) in [4.78, 5) is 24.8. The first-order chi connectivity index (χ1) is 14.0. The van der Waals surface area contributed by atoms with Crippen molar-refractivity contribution in [3.63, 3.8) is 0 Å². The van der Waals surface area contributed by atoms with E-state index in [2.05, 4.69) is 17.4 Å². The topological polar surface area (TPSA) is 73.9 Å². The van der Waals surface area contributed by atoms with Crippen molar-refractivity contribution in [2.75, 3.05) is 26.6 Å². The van der Waals surface area contributed by atoms with Gasteiger partial charge in [0, 0.05) is 22.9 Å². The van der Waals surface area contributed by atoms with Crippen molar-refractivity contribution in [1.82, 2.24) is 0 Å². The van der Waals surface area contributed by atoms with Crippen LogP contribution >= 0.6 is 11.3 Å². The van der Waals surface area contributed by atoms with Crippen LogP contribution in [0.25, 0.3) is 15.7 Å². The molecule has 1 aromatic heterocycles. The predicted octanol–water partition coefficient (Wildman–Crippen LogP) is 4.75. The normalized spacial score (nSPS) is 11.2. The Morgan fingerprint density at radius 1 is 1.00 bits per heavy atom. The first-order valence-electron chi connectivity index (χ1n) is 8.78. The van der Waals surface area contributed by atoms with Crippen molar-refractivity contribution in [2.24, 2.45) is 0 Å².